The first kappa shape index (κ1) is 16.3. The number of carbonyl (C=O) groups excluding carboxylic acids is 3. The molecule has 0 saturated heterocycles. The molecule has 1 aliphatic carbocycles. The van der Waals surface area contributed by atoms with Gasteiger partial charge in [0, 0.05) is 24.0 Å². The minimum atomic E-state index is -0.686. The number of rotatable bonds is 5. The summed E-state index contributed by atoms with van der Waals surface area (Å²) in [5.74, 6) is -1.06. The van der Waals surface area contributed by atoms with Crippen molar-refractivity contribution in [3.8, 4) is 0 Å². The summed E-state index contributed by atoms with van der Waals surface area (Å²) < 4.78 is 0. The van der Waals surface area contributed by atoms with Crippen molar-refractivity contribution in [1.29, 1.82) is 0 Å². The summed E-state index contributed by atoms with van der Waals surface area (Å²) in [4.78, 5) is 37.7. The Morgan fingerprint density at radius 2 is 1.46 bits per heavy atom. The fourth-order valence-corrected chi connectivity index (χ4v) is 3.47. The maximum Gasteiger partial charge on any atom is 0.173 e. The van der Waals surface area contributed by atoms with E-state index in [0.717, 1.165) is 12.8 Å². The molecular weight excluding hydrogens is 300 g/mol. The first-order valence-corrected chi connectivity index (χ1v) is 8.37. The lowest BCUT2D eigenvalue weighted by molar-refractivity contribution is -0.124. The Labute approximate surface area is 141 Å². The van der Waals surface area contributed by atoms with Gasteiger partial charge in [-0.15, -0.1) is 0 Å². The van der Waals surface area contributed by atoms with Crippen molar-refractivity contribution < 1.29 is 14.4 Å². The summed E-state index contributed by atoms with van der Waals surface area (Å²) in [6.45, 7) is 0. The molecule has 1 aliphatic rings. The van der Waals surface area contributed by atoms with E-state index in [0.29, 0.717) is 17.5 Å². The molecule has 122 valence electrons. The Hall–Kier alpha value is -2.55. The van der Waals surface area contributed by atoms with Crippen LogP contribution in [0, 0.1) is 11.8 Å². The molecule has 0 bridgehead atoms. The molecule has 0 aromatic heterocycles. The van der Waals surface area contributed by atoms with Crippen molar-refractivity contribution >= 4 is 17.3 Å². The van der Waals surface area contributed by atoms with Crippen LogP contribution in [-0.2, 0) is 4.79 Å². The van der Waals surface area contributed by atoms with E-state index in [1.807, 2.05) is 24.3 Å². The zero-order chi connectivity index (χ0) is 16.9. The molecular formula is C21H20O3. The van der Waals surface area contributed by atoms with Crippen LogP contribution in [0.1, 0.15) is 46.4 Å². The molecule has 0 unspecified atom stereocenters. The van der Waals surface area contributed by atoms with Gasteiger partial charge in [-0.1, -0.05) is 60.7 Å². The molecule has 3 heteroatoms. The van der Waals surface area contributed by atoms with Gasteiger partial charge in [0.05, 0.1) is 5.92 Å². The predicted molar refractivity (Wildman–Crippen MR) is 92.0 cm³/mol. The van der Waals surface area contributed by atoms with Crippen molar-refractivity contribution in [2.24, 2.45) is 11.8 Å². The van der Waals surface area contributed by atoms with Crippen molar-refractivity contribution in [1.82, 2.24) is 0 Å². The summed E-state index contributed by atoms with van der Waals surface area (Å²) in [6, 6.07) is 18.0. The molecule has 0 aliphatic heterocycles. The topological polar surface area (TPSA) is 51.2 Å². The first-order chi connectivity index (χ1) is 11.7. The third-order valence-electron chi connectivity index (χ3n) is 4.70. The maximum absolute atomic E-state index is 12.8. The van der Waals surface area contributed by atoms with Gasteiger partial charge in [-0.05, 0) is 18.8 Å². The molecule has 2 atom stereocenters. The molecule has 1 saturated carbocycles. The fourth-order valence-electron chi connectivity index (χ4n) is 3.47. The Balaban J connectivity index is 1.81. The van der Waals surface area contributed by atoms with Crippen LogP contribution in [-0.4, -0.2) is 17.3 Å². The molecule has 0 amide bonds. The highest BCUT2D eigenvalue weighted by atomic mass is 16.2. The van der Waals surface area contributed by atoms with Crippen molar-refractivity contribution in [2.75, 3.05) is 0 Å². The van der Waals surface area contributed by atoms with Gasteiger partial charge in [-0.2, -0.15) is 0 Å². The van der Waals surface area contributed by atoms with Crippen LogP contribution in [0.15, 0.2) is 60.7 Å². The molecule has 2 aromatic rings. The van der Waals surface area contributed by atoms with Gasteiger partial charge in [0.2, 0.25) is 0 Å². The van der Waals surface area contributed by atoms with Gasteiger partial charge < -0.3 is 0 Å². The minimum absolute atomic E-state index is 0.00108. The second-order valence-corrected chi connectivity index (χ2v) is 6.32. The average Bonchev–Trinajstić information content (AvgIpc) is 2.63. The maximum atomic E-state index is 12.8. The quantitative estimate of drug-likeness (QED) is 0.615. The summed E-state index contributed by atoms with van der Waals surface area (Å²) in [5.41, 5.74) is 1.19. The zero-order valence-corrected chi connectivity index (χ0v) is 13.5. The van der Waals surface area contributed by atoms with E-state index in [4.69, 9.17) is 0 Å². The Bertz CT molecular complexity index is 734. The number of ketones is 3. The lowest BCUT2D eigenvalue weighted by Gasteiger charge is -2.29. The van der Waals surface area contributed by atoms with E-state index in [2.05, 4.69) is 0 Å². The molecule has 3 nitrogen and oxygen atoms in total. The highest BCUT2D eigenvalue weighted by Gasteiger charge is 2.38. The van der Waals surface area contributed by atoms with Gasteiger partial charge in [0.1, 0.15) is 5.78 Å². The average molecular weight is 320 g/mol. The van der Waals surface area contributed by atoms with Gasteiger partial charge in [-0.25, -0.2) is 0 Å². The Morgan fingerprint density at radius 3 is 2.08 bits per heavy atom. The van der Waals surface area contributed by atoms with Gasteiger partial charge in [-0.3, -0.25) is 14.4 Å². The SMILES string of the molecule is O=C(C[C@H]1CCCC(=O)[C@H]1C(=O)c1ccccc1)c1ccccc1. The predicted octanol–water partition coefficient (Wildman–Crippen LogP) is 4.13. The largest absolute Gasteiger partial charge is 0.299 e. The molecule has 3 rings (SSSR count). The van der Waals surface area contributed by atoms with Gasteiger partial charge >= 0.3 is 0 Å². The summed E-state index contributed by atoms with van der Waals surface area (Å²) in [5, 5.41) is 0. The van der Waals surface area contributed by atoms with E-state index in [1.165, 1.54) is 0 Å². The van der Waals surface area contributed by atoms with Crippen molar-refractivity contribution in [3.63, 3.8) is 0 Å². The first-order valence-electron chi connectivity index (χ1n) is 8.37. The molecule has 0 spiro atoms. The lowest BCUT2D eigenvalue weighted by Crippen LogP contribution is -2.36. The molecule has 0 radical (unpaired) electrons. The Morgan fingerprint density at radius 1 is 0.875 bits per heavy atom. The molecule has 0 heterocycles. The van der Waals surface area contributed by atoms with E-state index in [9.17, 15) is 14.4 Å². The van der Waals surface area contributed by atoms with Crippen LogP contribution >= 0.6 is 0 Å². The van der Waals surface area contributed by atoms with E-state index >= 15 is 0 Å². The van der Waals surface area contributed by atoms with E-state index in [-0.39, 0.29) is 29.7 Å². The molecule has 0 N–H and O–H groups in total. The second kappa shape index (κ2) is 7.35. The number of hydrogen-bond acceptors (Lipinski definition) is 3. The highest BCUT2D eigenvalue weighted by Crippen LogP contribution is 2.33. The van der Waals surface area contributed by atoms with Crippen LogP contribution in [0.5, 0.6) is 0 Å². The van der Waals surface area contributed by atoms with Crippen molar-refractivity contribution in [3.05, 3.63) is 71.8 Å². The van der Waals surface area contributed by atoms with E-state index < -0.39 is 5.92 Å². The molecule has 2 aromatic carbocycles. The highest BCUT2D eigenvalue weighted by molar-refractivity contribution is 6.11. The Kier molecular flexibility index (Phi) is 4.99. The standard InChI is InChI=1S/C21H20O3/c22-18-13-7-12-17(14-19(23)15-8-3-1-4-9-15)20(18)21(24)16-10-5-2-6-11-16/h1-6,8-11,17,20H,7,12-14H2/t17-,20+/m1/s1. The number of Topliss-reactive ketones (excluding diaryl/α,β-unsaturated/α-hetero) is 3. The third kappa shape index (κ3) is 3.51. The van der Waals surface area contributed by atoms with Crippen LogP contribution in [0.3, 0.4) is 0 Å². The summed E-state index contributed by atoms with van der Waals surface area (Å²) in [6.07, 6.45) is 2.18. The monoisotopic (exact) mass is 320 g/mol. The lowest BCUT2D eigenvalue weighted by atomic mass is 9.72. The van der Waals surface area contributed by atoms with Gasteiger partial charge in [0.15, 0.2) is 11.6 Å². The third-order valence-corrected chi connectivity index (χ3v) is 4.70. The molecule has 24 heavy (non-hydrogen) atoms. The summed E-state index contributed by atoms with van der Waals surface area (Å²) in [7, 11) is 0. The number of benzene rings is 2. The zero-order valence-electron chi connectivity index (χ0n) is 13.5. The van der Waals surface area contributed by atoms with Crippen LogP contribution in [0.25, 0.3) is 0 Å². The normalized spacial score (nSPS) is 20.6. The van der Waals surface area contributed by atoms with Crippen LogP contribution < -0.4 is 0 Å². The smallest absolute Gasteiger partial charge is 0.173 e. The van der Waals surface area contributed by atoms with Crippen LogP contribution in [0.2, 0.25) is 0 Å². The fraction of sp³-hybridized carbons (Fsp3) is 0.286. The van der Waals surface area contributed by atoms with Crippen LogP contribution in [0.4, 0.5) is 0 Å². The number of carbonyl (C=O) groups is 3. The van der Waals surface area contributed by atoms with Gasteiger partial charge in [0.25, 0.3) is 0 Å². The number of hydrogen-bond donors (Lipinski definition) is 0. The van der Waals surface area contributed by atoms with Crippen molar-refractivity contribution in [2.45, 2.75) is 25.7 Å². The second-order valence-electron chi connectivity index (χ2n) is 6.32. The van der Waals surface area contributed by atoms with E-state index in [1.54, 1.807) is 36.4 Å². The molecule has 1 fully saturated rings. The summed E-state index contributed by atoms with van der Waals surface area (Å²) >= 11 is 0. The minimum Gasteiger partial charge on any atom is -0.299 e.